The molecule has 0 aromatic heterocycles. The van der Waals surface area contributed by atoms with Crippen LogP contribution in [0.2, 0.25) is 0 Å². The van der Waals surface area contributed by atoms with Crippen molar-refractivity contribution >= 4 is 0 Å². The fourth-order valence-electron chi connectivity index (χ4n) is 2.00. The normalized spacial score (nSPS) is 28.1. The molecule has 0 spiro atoms. The van der Waals surface area contributed by atoms with Crippen LogP contribution in [0.5, 0.6) is 0 Å². The first-order chi connectivity index (χ1) is 7.24. The van der Waals surface area contributed by atoms with Gasteiger partial charge in [-0.15, -0.1) is 6.58 Å². The number of aliphatic hydroxyl groups excluding tert-OH is 1. The average molecular weight is 203 g/mol. The standard InChI is InChI=1S/C13H17NO/c1-3-13(15)12-9-14(12)10(2)11-7-5-4-6-8-11/h3-8,10,12-13,15H,1,9H2,2H3/t10-,12+,13-,14?/m1/s1. The van der Waals surface area contributed by atoms with Gasteiger partial charge in [-0.3, -0.25) is 4.90 Å². The number of hydrogen-bond acceptors (Lipinski definition) is 2. The molecule has 1 aromatic carbocycles. The van der Waals surface area contributed by atoms with Crippen molar-refractivity contribution in [3.05, 3.63) is 48.6 Å². The van der Waals surface area contributed by atoms with Gasteiger partial charge in [0.25, 0.3) is 0 Å². The van der Waals surface area contributed by atoms with E-state index < -0.39 is 6.10 Å². The summed E-state index contributed by atoms with van der Waals surface area (Å²) in [4.78, 5) is 2.28. The van der Waals surface area contributed by atoms with E-state index in [0.29, 0.717) is 6.04 Å². The van der Waals surface area contributed by atoms with Crippen molar-refractivity contribution < 1.29 is 5.11 Å². The third kappa shape index (κ3) is 2.11. The molecule has 1 N–H and O–H groups in total. The summed E-state index contributed by atoms with van der Waals surface area (Å²) in [6.07, 6.45) is 1.22. The molecule has 80 valence electrons. The number of rotatable bonds is 4. The lowest BCUT2D eigenvalue weighted by atomic mass is 10.1. The minimum atomic E-state index is -0.392. The molecule has 0 saturated carbocycles. The molecule has 2 nitrogen and oxygen atoms in total. The zero-order chi connectivity index (χ0) is 10.8. The molecule has 15 heavy (non-hydrogen) atoms. The van der Waals surface area contributed by atoms with E-state index in [9.17, 15) is 5.11 Å². The van der Waals surface area contributed by atoms with Crippen molar-refractivity contribution in [3.8, 4) is 0 Å². The van der Waals surface area contributed by atoms with Gasteiger partial charge in [0, 0.05) is 12.6 Å². The van der Waals surface area contributed by atoms with Crippen LogP contribution < -0.4 is 0 Å². The third-order valence-electron chi connectivity index (χ3n) is 3.11. The van der Waals surface area contributed by atoms with Gasteiger partial charge < -0.3 is 5.11 Å². The van der Waals surface area contributed by atoms with Crippen molar-refractivity contribution in [2.24, 2.45) is 0 Å². The summed E-state index contributed by atoms with van der Waals surface area (Å²) in [7, 11) is 0. The van der Waals surface area contributed by atoms with Gasteiger partial charge >= 0.3 is 0 Å². The highest BCUT2D eigenvalue weighted by Gasteiger charge is 2.41. The topological polar surface area (TPSA) is 23.2 Å². The molecule has 1 saturated heterocycles. The van der Waals surface area contributed by atoms with Crippen molar-refractivity contribution in [2.45, 2.75) is 25.1 Å². The van der Waals surface area contributed by atoms with E-state index in [1.54, 1.807) is 6.08 Å². The second kappa shape index (κ2) is 4.17. The van der Waals surface area contributed by atoms with Crippen molar-refractivity contribution in [3.63, 3.8) is 0 Å². The first kappa shape index (κ1) is 10.4. The summed E-state index contributed by atoms with van der Waals surface area (Å²) >= 11 is 0. The molecular formula is C13H17NO. The zero-order valence-corrected chi connectivity index (χ0v) is 9.00. The Morgan fingerprint density at radius 2 is 2.13 bits per heavy atom. The van der Waals surface area contributed by atoms with Gasteiger partial charge in [0.1, 0.15) is 0 Å². The molecule has 1 fully saturated rings. The molecular weight excluding hydrogens is 186 g/mol. The number of benzene rings is 1. The van der Waals surface area contributed by atoms with Crippen LogP contribution in [0.4, 0.5) is 0 Å². The Balaban J connectivity index is 2.00. The lowest BCUT2D eigenvalue weighted by Gasteiger charge is -2.15. The first-order valence-electron chi connectivity index (χ1n) is 5.35. The van der Waals surface area contributed by atoms with Crippen molar-refractivity contribution in [1.82, 2.24) is 4.90 Å². The Labute approximate surface area is 90.8 Å². The molecule has 1 aliphatic rings. The van der Waals surface area contributed by atoms with Crippen LogP contribution in [0.25, 0.3) is 0 Å². The van der Waals surface area contributed by atoms with Gasteiger partial charge in [0.15, 0.2) is 0 Å². The fraction of sp³-hybridized carbons (Fsp3) is 0.385. The summed E-state index contributed by atoms with van der Waals surface area (Å²) in [5.74, 6) is 0. The first-order valence-corrected chi connectivity index (χ1v) is 5.35. The summed E-state index contributed by atoms with van der Waals surface area (Å²) in [6.45, 7) is 6.75. The van der Waals surface area contributed by atoms with Crippen LogP contribution in [0.3, 0.4) is 0 Å². The molecule has 0 aliphatic carbocycles. The summed E-state index contributed by atoms with van der Waals surface area (Å²) in [5.41, 5.74) is 1.30. The zero-order valence-electron chi connectivity index (χ0n) is 9.00. The molecule has 1 aromatic rings. The lowest BCUT2D eigenvalue weighted by Crippen LogP contribution is -2.18. The Bertz CT molecular complexity index is 336. The maximum Gasteiger partial charge on any atom is 0.0886 e. The number of aliphatic hydroxyl groups is 1. The molecule has 2 rings (SSSR count). The predicted molar refractivity (Wildman–Crippen MR) is 61.6 cm³/mol. The summed E-state index contributed by atoms with van der Waals surface area (Å²) in [5, 5.41) is 9.60. The van der Waals surface area contributed by atoms with E-state index in [4.69, 9.17) is 0 Å². The van der Waals surface area contributed by atoms with E-state index in [1.165, 1.54) is 5.56 Å². The predicted octanol–water partition coefficient (Wildman–Crippen LogP) is 1.98. The Morgan fingerprint density at radius 3 is 2.73 bits per heavy atom. The molecule has 0 bridgehead atoms. The van der Waals surface area contributed by atoms with Crippen LogP contribution in [0, 0.1) is 0 Å². The molecule has 1 unspecified atom stereocenters. The maximum absolute atomic E-state index is 9.60. The smallest absolute Gasteiger partial charge is 0.0886 e. The Morgan fingerprint density at radius 1 is 1.47 bits per heavy atom. The highest BCUT2D eigenvalue weighted by Crippen LogP contribution is 2.33. The van der Waals surface area contributed by atoms with Crippen LogP contribution >= 0.6 is 0 Å². The Kier molecular flexibility index (Phi) is 2.89. The van der Waals surface area contributed by atoms with Crippen LogP contribution in [0.15, 0.2) is 43.0 Å². The Hall–Kier alpha value is -1.12. The van der Waals surface area contributed by atoms with Crippen LogP contribution in [0.1, 0.15) is 18.5 Å². The van der Waals surface area contributed by atoms with Crippen molar-refractivity contribution in [1.29, 1.82) is 0 Å². The second-order valence-corrected chi connectivity index (χ2v) is 4.08. The lowest BCUT2D eigenvalue weighted by molar-refractivity contribution is 0.193. The monoisotopic (exact) mass is 203 g/mol. The highest BCUT2D eigenvalue weighted by molar-refractivity contribution is 5.21. The molecule has 4 atom stereocenters. The second-order valence-electron chi connectivity index (χ2n) is 4.08. The van der Waals surface area contributed by atoms with Crippen LogP contribution in [-0.4, -0.2) is 28.7 Å². The van der Waals surface area contributed by atoms with Gasteiger partial charge in [-0.25, -0.2) is 0 Å². The summed E-state index contributed by atoms with van der Waals surface area (Å²) < 4.78 is 0. The van der Waals surface area contributed by atoms with E-state index in [1.807, 2.05) is 18.2 Å². The molecule has 1 heterocycles. The number of hydrogen-bond donors (Lipinski definition) is 1. The fourth-order valence-corrected chi connectivity index (χ4v) is 2.00. The van der Waals surface area contributed by atoms with Gasteiger partial charge in [0.2, 0.25) is 0 Å². The van der Waals surface area contributed by atoms with Gasteiger partial charge in [0.05, 0.1) is 12.1 Å². The molecule has 0 amide bonds. The molecule has 0 radical (unpaired) electrons. The molecule has 2 heteroatoms. The van der Waals surface area contributed by atoms with E-state index in [2.05, 4.69) is 30.5 Å². The quantitative estimate of drug-likeness (QED) is 0.597. The van der Waals surface area contributed by atoms with Gasteiger partial charge in [-0.05, 0) is 12.5 Å². The number of nitrogens with zero attached hydrogens (tertiary/aromatic N) is 1. The third-order valence-corrected chi connectivity index (χ3v) is 3.11. The minimum absolute atomic E-state index is 0.262. The van der Waals surface area contributed by atoms with E-state index in [0.717, 1.165) is 6.54 Å². The largest absolute Gasteiger partial charge is 0.387 e. The summed E-state index contributed by atoms with van der Waals surface area (Å²) in [6, 6.07) is 11.0. The van der Waals surface area contributed by atoms with Crippen LogP contribution in [-0.2, 0) is 0 Å². The van der Waals surface area contributed by atoms with E-state index in [-0.39, 0.29) is 6.04 Å². The highest BCUT2D eigenvalue weighted by atomic mass is 16.3. The van der Waals surface area contributed by atoms with Gasteiger partial charge in [-0.2, -0.15) is 0 Å². The SMILES string of the molecule is C=C[C@@H](O)[C@@H]1CN1[C@H](C)c1ccccc1. The average Bonchev–Trinajstić information content (AvgIpc) is 3.08. The van der Waals surface area contributed by atoms with E-state index >= 15 is 0 Å². The molecule has 1 aliphatic heterocycles. The van der Waals surface area contributed by atoms with Gasteiger partial charge in [-0.1, -0.05) is 36.4 Å². The minimum Gasteiger partial charge on any atom is -0.387 e. The maximum atomic E-state index is 9.60. The van der Waals surface area contributed by atoms with Crippen molar-refractivity contribution in [2.75, 3.05) is 6.54 Å².